The molecule has 1 rings (SSSR count). The fourth-order valence-electron chi connectivity index (χ4n) is 1.81. The average molecular weight is 252 g/mol. The van der Waals surface area contributed by atoms with Crippen molar-refractivity contribution in [3.8, 4) is 5.75 Å². The lowest BCUT2D eigenvalue weighted by molar-refractivity contribution is 0.00681. The van der Waals surface area contributed by atoms with E-state index in [1.165, 1.54) is 0 Å². The van der Waals surface area contributed by atoms with Crippen LogP contribution in [0, 0.1) is 0 Å². The summed E-state index contributed by atoms with van der Waals surface area (Å²) in [6, 6.07) is 8.05. The molecule has 0 radical (unpaired) electrons. The van der Waals surface area contributed by atoms with Crippen molar-refractivity contribution in [2.45, 2.75) is 38.8 Å². The fraction of sp³-hybridized carbons (Fsp3) is 0.571. The monoisotopic (exact) mass is 252 g/mol. The van der Waals surface area contributed by atoms with Crippen molar-refractivity contribution in [3.05, 3.63) is 29.8 Å². The predicted octanol–water partition coefficient (Wildman–Crippen LogP) is 2.40. The van der Waals surface area contributed by atoms with E-state index < -0.39 is 0 Å². The van der Waals surface area contributed by atoms with Crippen LogP contribution in [0.4, 0.5) is 0 Å². The summed E-state index contributed by atoms with van der Waals surface area (Å²) >= 11 is 0. The highest BCUT2D eigenvalue weighted by Gasteiger charge is 2.23. The van der Waals surface area contributed by atoms with E-state index in [1.807, 2.05) is 45.0 Å². The largest absolute Gasteiger partial charge is 0.494 e. The molecule has 4 nitrogen and oxygen atoms in total. The average Bonchev–Trinajstić information content (AvgIpc) is 2.37. The maximum absolute atomic E-state index is 5.63. The Kier molecular flexibility index (Phi) is 5.59. The fourth-order valence-corrected chi connectivity index (χ4v) is 1.81. The van der Waals surface area contributed by atoms with Crippen molar-refractivity contribution in [3.63, 3.8) is 0 Å². The number of nitrogens with one attached hydrogen (secondary N) is 1. The van der Waals surface area contributed by atoms with Gasteiger partial charge in [0.05, 0.1) is 12.2 Å². The lowest BCUT2D eigenvalue weighted by Crippen LogP contribution is -2.35. The van der Waals surface area contributed by atoms with Crippen LogP contribution in [-0.4, -0.2) is 19.3 Å². The van der Waals surface area contributed by atoms with Gasteiger partial charge < -0.3 is 9.47 Å². The van der Waals surface area contributed by atoms with Crippen LogP contribution in [0.15, 0.2) is 24.3 Å². The summed E-state index contributed by atoms with van der Waals surface area (Å²) in [4.78, 5) is 0. The molecule has 4 heteroatoms. The first-order valence-electron chi connectivity index (χ1n) is 6.26. The summed E-state index contributed by atoms with van der Waals surface area (Å²) < 4.78 is 10.9. The van der Waals surface area contributed by atoms with Gasteiger partial charge in [0.1, 0.15) is 5.75 Å². The van der Waals surface area contributed by atoms with Gasteiger partial charge in [0.25, 0.3) is 0 Å². The minimum absolute atomic E-state index is 0.0654. The highest BCUT2D eigenvalue weighted by Crippen LogP contribution is 2.26. The normalized spacial score (nSPS) is 13.4. The Morgan fingerprint density at radius 1 is 1.28 bits per heavy atom. The van der Waals surface area contributed by atoms with E-state index in [9.17, 15) is 0 Å². The third-order valence-corrected chi connectivity index (χ3v) is 3.04. The van der Waals surface area contributed by atoms with Crippen LogP contribution in [0.25, 0.3) is 0 Å². The second-order valence-electron chi connectivity index (χ2n) is 4.89. The van der Waals surface area contributed by atoms with Crippen LogP contribution in [0.1, 0.15) is 38.8 Å². The Labute approximate surface area is 109 Å². The van der Waals surface area contributed by atoms with E-state index >= 15 is 0 Å². The first kappa shape index (κ1) is 15.0. The van der Waals surface area contributed by atoms with Crippen LogP contribution in [0.5, 0.6) is 5.75 Å². The topological polar surface area (TPSA) is 56.5 Å². The number of methoxy groups -OCH3 is 1. The Morgan fingerprint density at radius 3 is 2.33 bits per heavy atom. The van der Waals surface area contributed by atoms with Gasteiger partial charge in [0.2, 0.25) is 0 Å². The number of nitrogens with two attached hydrogens (primary N) is 1. The Hall–Kier alpha value is -1.10. The minimum atomic E-state index is -0.213. The Morgan fingerprint density at radius 2 is 1.89 bits per heavy atom. The van der Waals surface area contributed by atoms with Gasteiger partial charge in [0, 0.05) is 13.2 Å². The molecule has 0 saturated carbocycles. The number of benzene rings is 1. The lowest BCUT2D eigenvalue weighted by atomic mass is 9.94. The number of ether oxygens (including phenoxy) is 2. The van der Waals surface area contributed by atoms with Gasteiger partial charge in [-0.3, -0.25) is 11.3 Å². The quantitative estimate of drug-likeness (QED) is 0.578. The molecule has 0 aromatic heterocycles. The standard InChI is InChI=1S/C14H24N2O2/c1-5-18-12-8-6-11(7-9-12)13(16-15)10-14(2,3)17-4/h6-9,13,16H,5,10,15H2,1-4H3. The summed E-state index contributed by atoms with van der Waals surface area (Å²) in [5.41, 5.74) is 3.76. The van der Waals surface area contributed by atoms with Crippen LogP contribution in [0.3, 0.4) is 0 Å². The van der Waals surface area contributed by atoms with Crippen molar-refractivity contribution in [1.29, 1.82) is 0 Å². The molecule has 0 heterocycles. The molecule has 18 heavy (non-hydrogen) atoms. The molecule has 1 aromatic rings. The molecular weight excluding hydrogens is 228 g/mol. The summed E-state index contributed by atoms with van der Waals surface area (Å²) in [6.45, 7) is 6.74. The molecule has 102 valence electrons. The van der Waals surface area contributed by atoms with Gasteiger partial charge in [-0.25, -0.2) is 0 Å². The molecule has 0 fully saturated rings. The van der Waals surface area contributed by atoms with Crippen molar-refractivity contribution < 1.29 is 9.47 Å². The van der Waals surface area contributed by atoms with Crippen LogP contribution in [-0.2, 0) is 4.74 Å². The van der Waals surface area contributed by atoms with E-state index in [-0.39, 0.29) is 11.6 Å². The van der Waals surface area contributed by atoms with Crippen molar-refractivity contribution in [1.82, 2.24) is 5.43 Å². The number of hydrazine groups is 1. The van der Waals surface area contributed by atoms with E-state index in [4.69, 9.17) is 15.3 Å². The molecule has 0 saturated heterocycles. The van der Waals surface area contributed by atoms with Gasteiger partial charge in [-0.15, -0.1) is 0 Å². The molecule has 0 spiro atoms. The highest BCUT2D eigenvalue weighted by molar-refractivity contribution is 5.29. The third-order valence-electron chi connectivity index (χ3n) is 3.04. The molecule has 0 aliphatic carbocycles. The zero-order chi connectivity index (χ0) is 13.6. The van der Waals surface area contributed by atoms with Crippen molar-refractivity contribution in [2.75, 3.05) is 13.7 Å². The summed E-state index contributed by atoms with van der Waals surface area (Å²) in [7, 11) is 1.71. The first-order chi connectivity index (χ1) is 8.52. The summed E-state index contributed by atoms with van der Waals surface area (Å²) in [6.07, 6.45) is 0.800. The zero-order valence-corrected chi connectivity index (χ0v) is 11.7. The van der Waals surface area contributed by atoms with Gasteiger partial charge in [-0.2, -0.15) is 0 Å². The van der Waals surface area contributed by atoms with E-state index in [1.54, 1.807) is 7.11 Å². The third kappa shape index (κ3) is 4.29. The van der Waals surface area contributed by atoms with E-state index in [0.717, 1.165) is 17.7 Å². The van der Waals surface area contributed by atoms with E-state index in [0.29, 0.717) is 6.61 Å². The molecule has 3 N–H and O–H groups in total. The smallest absolute Gasteiger partial charge is 0.119 e. The molecule has 1 unspecified atom stereocenters. The molecule has 1 aromatic carbocycles. The molecule has 0 aliphatic rings. The maximum Gasteiger partial charge on any atom is 0.119 e. The summed E-state index contributed by atoms with van der Waals surface area (Å²) in [5.74, 6) is 6.50. The molecule has 1 atom stereocenters. The Bertz CT molecular complexity index is 349. The van der Waals surface area contributed by atoms with Crippen LogP contribution in [0.2, 0.25) is 0 Å². The number of hydrogen-bond acceptors (Lipinski definition) is 4. The SMILES string of the molecule is CCOc1ccc(C(CC(C)(C)OC)NN)cc1. The van der Waals surface area contributed by atoms with Crippen molar-refractivity contribution in [2.24, 2.45) is 5.84 Å². The van der Waals surface area contributed by atoms with Gasteiger partial charge in [-0.1, -0.05) is 12.1 Å². The van der Waals surface area contributed by atoms with Gasteiger partial charge in [0.15, 0.2) is 0 Å². The zero-order valence-electron chi connectivity index (χ0n) is 11.7. The molecule has 0 bridgehead atoms. The molecule has 0 aliphatic heterocycles. The number of hydrogen-bond donors (Lipinski definition) is 2. The lowest BCUT2D eigenvalue weighted by Gasteiger charge is -2.28. The molecular formula is C14H24N2O2. The molecule has 0 amide bonds. The second-order valence-corrected chi connectivity index (χ2v) is 4.89. The van der Waals surface area contributed by atoms with E-state index in [2.05, 4.69) is 5.43 Å². The highest BCUT2D eigenvalue weighted by atomic mass is 16.5. The number of rotatable bonds is 7. The maximum atomic E-state index is 5.63. The van der Waals surface area contributed by atoms with Gasteiger partial charge in [-0.05, 0) is 44.9 Å². The van der Waals surface area contributed by atoms with Crippen LogP contribution >= 0.6 is 0 Å². The van der Waals surface area contributed by atoms with Gasteiger partial charge >= 0.3 is 0 Å². The first-order valence-corrected chi connectivity index (χ1v) is 6.26. The summed E-state index contributed by atoms with van der Waals surface area (Å²) in [5, 5.41) is 0. The second kappa shape index (κ2) is 6.73. The van der Waals surface area contributed by atoms with Crippen LogP contribution < -0.4 is 16.0 Å². The predicted molar refractivity (Wildman–Crippen MR) is 73.4 cm³/mol. The Balaban J connectivity index is 2.76. The minimum Gasteiger partial charge on any atom is -0.494 e. The van der Waals surface area contributed by atoms with Crippen molar-refractivity contribution >= 4 is 0 Å².